The number of rotatable bonds is 4. The van der Waals surface area contributed by atoms with Crippen LogP contribution in [-0.4, -0.2) is 54.3 Å². The average molecular weight is 396 g/mol. The van der Waals surface area contributed by atoms with Crippen LogP contribution in [0.4, 0.5) is 5.69 Å². The fraction of sp³-hybridized carbons (Fsp3) is 0.556. The number of amides is 2. The molecule has 0 atom stereocenters. The number of aryl methyl sites for hydroxylation is 1. The second-order valence-electron chi connectivity index (χ2n) is 6.79. The standard InChI is InChI=1S/C18H26BrN3O2/c1-5-21-8-10-22(11-9-21)17(24)18(3,4)16(23)20-15-7-6-13(2)12-14(15)19/h6-7,12H,5,8-11H2,1-4H3,(H,20,23). The molecule has 1 saturated heterocycles. The minimum absolute atomic E-state index is 0.112. The van der Waals surface area contributed by atoms with Gasteiger partial charge in [-0.05, 0) is 60.9 Å². The Morgan fingerprint density at radius 2 is 1.83 bits per heavy atom. The highest BCUT2D eigenvalue weighted by molar-refractivity contribution is 9.10. The third-order valence-corrected chi connectivity index (χ3v) is 5.24. The van der Waals surface area contributed by atoms with Gasteiger partial charge in [-0.1, -0.05) is 13.0 Å². The Balaban J connectivity index is 2.05. The first-order valence-electron chi connectivity index (χ1n) is 8.35. The van der Waals surface area contributed by atoms with E-state index in [1.165, 1.54) is 0 Å². The highest BCUT2D eigenvalue weighted by atomic mass is 79.9. The zero-order valence-corrected chi connectivity index (χ0v) is 16.4. The van der Waals surface area contributed by atoms with E-state index in [2.05, 4.69) is 33.1 Å². The monoisotopic (exact) mass is 395 g/mol. The molecule has 1 N–H and O–H groups in total. The molecule has 1 aliphatic heterocycles. The first-order valence-corrected chi connectivity index (χ1v) is 9.14. The van der Waals surface area contributed by atoms with Crippen LogP contribution in [0.5, 0.6) is 0 Å². The summed E-state index contributed by atoms with van der Waals surface area (Å²) in [5.74, 6) is -0.394. The summed E-state index contributed by atoms with van der Waals surface area (Å²) in [6.07, 6.45) is 0. The second kappa shape index (κ2) is 7.66. The molecule has 1 aromatic carbocycles. The molecule has 2 rings (SSSR count). The maximum Gasteiger partial charge on any atom is 0.239 e. The molecule has 0 spiro atoms. The van der Waals surface area contributed by atoms with Crippen molar-refractivity contribution in [3.63, 3.8) is 0 Å². The van der Waals surface area contributed by atoms with Crippen LogP contribution in [0.2, 0.25) is 0 Å². The molecule has 0 unspecified atom stereocenters. The quantitative estimate of drug-likeness (QED) is 0.797. The predicted octanol–water partition coefficient (Wildman–Crippen LogP) is 2.89. The van der Waals surface area contributed by atoms with E-state index in [9.17, 15) is 9.59 Å². The number of likely N-dealkylation sites (N-methyl/N-ethyl adjacent to an activating group) is 1. The van der Waals surface area contributed by atoms with Crippen molar-refractivity contribution < 1.29 is 9.59 Å². The summed E-state index contributed by atoms with van der Waals surface area (Å²) >= 11 is 3.45. The Labute approximate surface area is 152 Å². The van der Waals surface area contributed by atoms with Gasteiger partial charge < -0.3 is 15.1 Å². The normalized spacial score (nSPS) is 16.1. The summed E-state index contributed by atoms with van der Waals surface area (Å²) in [5, 5.41) is 2.87. The third-order valence-electron chi connectivity index (χ3n) is 4.58. The number of halogens is 1. The van der Waals surface area contributed by atoms with Crippen LogP contribution >= 0.6 is 15.9 Å². The summed E-state index contributed by atoms with van der Waals surface area (Å²) in [5.41, 5.74) is 0.685. The number of carbonyl (C=O) groups is 2. The summed E-state index contributed by atoms with van der Waals surface area (Å²) in [6.45, 7) is 11.6. The average Bonchev–Trinajstić information content (AvgIpc) is 2.56. The van der Waals surface area contributed by atoms with Crippen LogP contribution in [0.1, 0.15) is 26.3 Å². The first kappa shape index (κ1) is 18.9. The molecule has 5 nitrogen and oxygen atoms in total. The fourth-order valence-electron chi connectivity index (χ4n) is 2.76. The van der Waals surface area contributed by atoms with Crippen molar-refractivity contribution in [3.05, 3.63) is 28.2 Å². The van der Waals surface area contributed by atoms with E-state index in [1.54, 1.807) is 18.7 Å². The lowest BCUT2D eigenvalue weighted by Gasteiger charge is -2.37. The van der Waals surface area contributed by atoms with Gasteiger partial charge in [0.15, 0.2) is 0 Å². The molecule has 1 heterocycles. The molecule has 0 aliphatic carbocycles. The number of benzene rings is 1. The van der Waals surface area contributed by atoms with Crippen LogP contribution in [0, 0.1) is 12.3 Å². The number of piperazine rings is 1. The Morgan fingerprint density at radius 1 is 1.21 bits per heavy atom. The minimum Gasteiger partial charge on any atom is -0.339 e. The van der Waals surface area contributed by atoms with Gasteiger partial charge in [0, 0.05) is 30.7 Å². The van der Waals surface area contributed by atoms with Crippen molar-refractivity contribution in [2.24, 2.45) is 5.41 Å². The number of anilines is 1. The SMILES string of the molecule is CCN1CCN(C(=O)C(C)(C)C(=O)Nc2ccc(C)cc2Br)CC1. The van der Waals surface area contributed by atoms with Crippen molar-refractivity contribution in [1.82, 2.24) is 9.80 Å². The fourth-order valence-corrected chi connectivity index (χ4v) is 3.35. The molecule has 1 fully saturated rings. The number of hydrogen-bond acceptors (Lipinski definition) is 3. The molecule has 1 aromatic rings. The smallest absolute Gasteiger partial charge is 0.239 e. The van der Waals surface area contributed by atoms with Gasteiger partial charge in [0.1, 0.15) is 5.41 Å². The third kappa shape index (κ3) is 4.16. The zero-order chi connectivity index (χ0) is 17.9. The van der Waals surface area contributed by atoms with Crippen molar-refractivity contribution >= 4 is 33.4 Å². The summed E-state index contributed by atoms with van der Waals surface area (Å²) < 4.78 is 0.815. The van der Waals surface area contributed by atoms with Crippen LogP contribution < -0.4 is 5.32 Å². The van der Waals surface area contributed by atoms with Gasteiger partial charge >= 0.3 is 0 Å². The summed E-state index contributed by atoms with van der Waals surface area (Å²) in [6, 6.07) is 5.71. The molecular weight excluding hydrogens is 370 g/mol. The largest absolute Gasteiger partial charge is 0.339 e. The van der Waals surface area contributed by atoms with Gasteiger partial charge in [0.2, 0.25) is 11.8 Å². The molecule has 0 saturated carbocycles. The molecule has 0 bridgehead atoms. The van der Waals surface area contributed by atoms with Gasteiger partial charge in [0.05, 0.1) is 5.69 Å². The maximum absolute atomic E-state index is 12.8. The Morgan fingerprint density at radius 3 is 2.38 bits per heavy atom. The highest BCUT2D eigenvalue weighted by Crippen LogP contribution is 2.27. The molecule has 1 aliphatic rings. The van der Waals surface area contributed by atoms with Gasteiger partial charge in [-0.15, -0.1) is 0 Å². The van der Waals surface area contributed by atoms with E-state index in [0.29, 0.717) is 18.8 Å². The number of nitrogens with one attached hydrogen (secondary N) is 1. The lowest BCUT2D eigenvalue weighted by molar-refractivity contribution is -0.147. The molecule has 0 aromatic heterocycles. The molecule has 24 heavy (non-hydrogen) atoms. The van der Waals surface area contributed by atoms with Crippen molar-refractivity contribution in [2.75, 3.05) is 38.0 Å². The first-order chi connectivity index (χ1) is 11.3. The topological polar surface area (TPSA) is 52.7 Å². The maximum atomic E-state index is 12.8. The summed E-state index contributed by atoms with van der Waals surface area (Å²) in [7, 11) is 0. The Bertz CT molecular complexity index is 623. The van der Waals surface area contributed by atoms with E-state index < -0.39 is 5.41 Å². The molecule has 0 radical (unpaired) electrons. The number of carbonyl (C=O) groups excluding carboxylic acids is 2. The molecular formula is C18H26BrN3O2. The van der Waals surface area contributed by atoms with E-state index in [1.807, 2.05) is 25.1 Å². The predicted molar refractivity (Wildman–Crippen MR) is 100.0 cm³/mol. The van der Waals surface area contributed by atoms with E-state index >= 15 is 0 Å². The molecule has 6 heteroatoms. The Hall–Kier alpha value is -1.40. The van der Waals surface area contributed by atoms with Crippen molar-refractivity contribution in [1.29, 1.82) is 0 Å². The van der Waals surface area contributed by atoms with E-state index in [4.69, 9.17) is 0 Å². The zero-order valence-electron chi connectivity index (χ0n) is 14.9. The highest BCUT2D eigenvalue weighted by Gasteiger charge is 2.40. The van der Waals surface area contributed by atoms with Crippen molar-refractivity contribution in [3.8, 4) is 0 Å². The molecule has 132 valence electrons. The van der Waals surface area contributed by atoms with Gasteiger partial charge in [-0.25, -0.2) is 0 Å². The van der Waals surface area contributed by atoms with Gasteiger partial charge in [-0.2, -0.15) is 0 Å². The Kier molecular flexibility index (Phi) is 6.04. The minimum atomic E-state index is -1.10. The number of nitrogens with zero attached hydrogens (tertiary/aromatic N) is 2. The number of hydrogen-bond donors (Lipinski definition) is 1. The van der Waals surface area contributed by atoms with Crippen LogP contribution in [0.25, 0.3) is 0 Å². The van der Waals surface area contributed by atoms with E-state index in [-0.39, 0.29) is 11.8 Å². The van der Waals surface area contributed by atoms with Crippen LogP contribution in [0.15, 0.2) is 22.7 Å². The molecule has 2 amide bonds. The van der Waals surface area contributed by atoms with Gasteiger partial charge in [0.25, 0.3) is 0 Å². The van der Waals surface area contributed by atoms with Gasteiger partial charge in [-0.3, -0.25) is 9.59 Å². The van der Waals surface area contributed by atoms with Crippen LogP contribution in [0.3, 0.4) is 0 Å². The lowest BCUT2D eigenvalue weighted by Crippen LogP contribution is -2.54. The van der Waals surface area contributed by atoms with Crippen molar-refractivity contribution in [2.45, 2.75) is 27.7 Å². The van der Waals surface area contributed by atoms with Crippen LogP contribution in [-0.2, 0) is 9.59 Å². The second-order valence-corrected chi connectivity index (χ2v) is 7.64. The lowest BCUT2D eigenvalue weighted by atomic mass is 9.89. The van der Waals surface area contributed by atoms with E-state index in [0.717, 1.165) is 29.7 Å². The summed E-state index contributed by atoms with van der Waals surface area (Å²) in [4.78, 5) is 29.6.